The standard InChI is InChI=1S/C10H11N5O2S/c1-5-12-8(4-9(13-5)18-2)15-7(11)3-6(14-15)10(16)17/h3-4H,11H2,1-2H3,(H,16,17). The molecule has 2 aromatic heterocycles. The van der Waals surface area contributed by atoms with E-state index in [-0.39, 0.29) is 11.5 Å². The summed E-state index contributed by atoms with van der Waals surface area (Å²) >= 11 is 1.46. The van der Waals surface area contributed by atoms with Crippen molar-refractivity contribution in [1.82, 2.24) is 19.7 Å². The molecular formula is C10H11N5O2S. The van der Waals surface area contributed by atoms with Crippen molar-refractivity contribution >= 4 is 23.5 Å². The molecule has 0 aliphatic rings. The van der Waals surface area contributed by atoms with Crippen LogP contribution in [0.2, 0.25) is 0 Å². The fourth-order valence-electron chi connectivity index (χ4n) is 1.42. The Bertz CT molecular complexity index is 610. The van der Waals surface area contributed by atoms with E-state index < -0.39 is 5.97 Å². The molecule has 2 heterocycles. The first-order valence-corrected chi connectivity index (χ1v) is 6.22. The van der Waals surface area contributed by atoms with E-state index in [1.807, 2.05) is 6.26 Å². The van der Waals surface area contributed by atoms with Crippen LogP contribution in [0.4, 0.5) is 5.82 Å². The van der Waals surface area contributed by atoms with E-state index >= 15 is 0 Å². The average Bonchev–Trinajstić information content (AvgIpc) is 2.70. The summed E-state index contributed by atoms with van der Waals surface area (Å²) in [6.45, 7) is 1.75. The van der Waals surface area contributed by atoms with E-state index in [4.69, 9.17) is 10.8 Å². The van der Waals surface area contributed by atoms with Crippen LogP contribution in [0, 0.1) is 6.92 Å². The number of aryl methyl sites for hydroxylation is 1. The Morgan fingerprint density at radius 2 is 2.17 bits per heavy atom. The molecule has 8 heteroatoms. The van der Waals surface area contributed by atoms with Crippen LogP contribution in [0.1, 0.15) is 16.3 Å². The maximum absolute atomic E-state index is 10.8. The molecule has 0 aliphatic heterocycles. The second-order valence-electron chi connectivity index (χ2n) is 3.49. The van der Waals surface area contributed by atoms with Crippen LogP contribution in [-0.4, -0.2) is 37.1 Å². The molecule has 0 saturated heterocycles. The van der Waals surface area contributed by atoms with Crippen LogP contribution in [0.3, 0.4) is 0 Å². The summed E-state index contributed by atoms with van der Waals surface area (Å²) in [4.78, 5) is 19.2. The Kier molecular flexibility index (Phi) is 3.19. The molecule has 0 saturated carbocycles. The number of carboxylic acid groups (broad SMARTS) is 1. The summed E-state index contributed by atoms with van der Waals surface area (Å²) in [5, 5.41) is 13.5. The summed E-state index contributed by atoms with van der Waals surface area (Å²) < 4.78 is 1.29. The maximum atomic E-state index is 10.8. The summed E-state index contributed by atoms with van der Waals surface area (Å²) in [6, 6.07) is 2.99. The van der Waals surface area contributed by atoms with Crippen LogP contribution in [0.15, 0.2) is 17.2 Å². The lowest BCUT2D eigenvalue weighted by atomic mass is 10.4. The lowest BCUT2D eigenvalue weighted by molar-refractivity contribution is 0.0690. The number of nitrogens with zero attached hydrogens (tertiary/aromatic N) is 4. The highest BCUT2D eigenvalue weighted by molar-refractivity contribution is 7.98. The minimum absolute atomic E-state index is 0.116. The van der Waals surface area contributed by atoms with Gasteiger partial charge in [0.15, 0.2) is 11.5 Å². The van der Waals surface area contributed by atoms with Gasteiger partial charge in [-0.3, -0.25) is 0 Å². The number of aromatic nitrogens is 4. The van der Waals surface area contributed by atoms with E-state index in [1.54, 1.807) is 13.0 Å². The quantitative estimate of drug-likeness (QED) is 0.629. The fraction of sp³-hybridized carbons (Fsp3) is 0.200. The molecule has 2 aromatic rings. The fourth-order valence-corrected chi connectivity index (χ4v) is 1.87. The minimum atomic E-state index is -1.13. The molecule has 0 atom stereocenters. The third-order valence-corrected chi connectivity index (χ3v) is 2.81. The molecule has 0 fully saturated rings. The molecule has 2 rings (SSSR count). The summed E-state index contributed by atoms with van der Waals surface area (Å²) in [6.07, 6.45) is 1.89. The third-order valence-electron chi connectivity index (χ3n) is 2.18. The van der Waals surface area contributed by atoms with Gasteiger partial charge in [0, 0.05) is 12.1 Å². The van der Waals surface area contributed by atoms with Crippen LogP contribution in [0.25, 0.3) is 5.82 Å². The van der Waals surface area contributed by atoms with Crippen LogP contribution in [-0.2, 0) is 0 Å². The van der Waals surface area contributed by atoms with Crippen molar-refractivity contribution in [2.45, 2.75) is 11.9 Å². The number of aromatic carboxylic acids is 1. The number of rotatable bonds is 3. The highest BCUT2D eigenvalue weighted by Gasteiger charge is 2.14. The highest BCUT2D eigenvalue weighted by atomic mass is 32.2. The second-order valence-corrected chi connectivity index (χ2v) is 4.31. The minimum Gasteiger partial charge on any atom is -0.476 e. The lowest BCUT2D eigenvalue weighted by Gasteiger charge is -2.05. The van der Waals surface area contributed by atoms with Crippen LogP contribution < -0.4 is 5.73 Å². The van der Waals surface area contributed by atoms with Gasteiger partial charge in [-0.2, -0.15) is 9.78 Å². The van der Waals surface area contributed by atoms with Crippen molar-refractivity contribution in [2.24, 2.45) is 0 Å². The first-order valence-electron chi connectivity index (χ1n) is 5.00. The van der Waals surface area contributed by atoms with Crippen LogP contribution >= 0.6 is 11.8 Å². The predicted octanol–water partition coefficient (Wildman–Crippen LogP) is 0.973. The van der Waals surface area contributed by atoms with Crippen LogP contribution in [0.5, 0.6) is 0 Å². The number of hydrogen-bond acceptors (Lipinski definition) is 6. The molecule has 0 aromatic carbocycles. The van der Waals surface area contributed by atoms with Gasteiger partial charge >= 0.3 is 5.97 Å². The van der Waals surface area contributed by atoms with Gasteiger partial charge in [-0.25, -0.2) is 14.8 Å². The van der Waals surface area contributed by atoms with Crippen molar-refractivity contribution in [3.63, 3.8) is 0 Å². The molecule has 18 heavy (non-hydrogen) atoms. The van der Waals surface area contributed by atoms with Gasteiger partial charge in [0.05, 0.1) is 0 Å². The normalized spacial score (nSPS) is 10.6. The molecule has 3 N–H and O–H groups in total. The summed E-state index contributed by atoms with van der Waals surface area (Å²) in [5.41, 5.74) is 5.61. The van der Waals surface area contributed by atoms with Gasteiger partial charge < -0.3 is 10.8 Å². The monoisotopic (exact) mass is 265 g/mol. The van der Waals surface area contributed by atoms with Crippen molar-refractivity contribution in [3.8, 4) is 5.82 Å². The van der Waals surface area contributed by atoms with Crippen molar-refractivity contribution < 1.29 is 9.90 Å². The van der Waals surface area contributed by atoms with Gasteiger partial charge in [-0.15, -0.1) is 11.8 Å². The molecule has 7 nitrogen and oxygen atoms in total. The van der Waals surface area contributed by atoms with E-state index in [0.29, 0.717) is 11.6 Å². The lowest BCUT2D eigenvalue weighted by Crippen LogP contribution is -2.07. The predicted molar refractivity (Wildman–Crippen MR) is 67.0 cm³/mol. The number of anilines is 1. The molecule has 0 amide bonds. The Labute approximate surface area is 107 Å². The number of carbonyl (C=O) groups is 1. The van der Waals surface area contributed by atoms with E-state index in [9.17, 15) is 4.79 Å². The largest absolute Gasteiger partial charge is 0.476 e. The van der Waals surface area contributed by atoms with Gasteiger partial charge in [-0.05, 0) is 13.2 Å². The molecule has 0 radical (unpaired) electrons. The zero-order valence-electron chi connectivity index (χ0n) is 9.78. The molecular weight excluding hydrogens is 254 g/mol. The Morgan fingerprint density at radius 3 is 2.72 bits per heavy atom. The maximum Gasteiger partial charge on any atom is 0.356 e. The number of carboxylic acids is 1. The number of hydrogen-bond donors (Lipinski definition) is 2. The number of nitrogen functional groups attached to an aromatic ring is 1. The number of thioether (sulfide) groups is 1. The smallest absolute Gasteiger partial charge is 0.356 e. The topological polar surface area (TPSA) is 107 Å². The second kappa shape index (κ2) is 4.65. The molecule has 0 unspecified atom stereocenters. The molecule has 0 aliphatic carbocycles. The molecule has 94 valence electrons. The van der Waals surface area contributed by atoms with E-state index in [0.717, 1.165) is 5.03 Å². The summed E-state index contributed by atoms with van der Waals surface area (Å²) in [5.74, 6) is 0.120. The molecule has 0 bridgehead atoms. The van der Waals surface area contributed by atoms with Gasteiger partial charge in [0.1, 0.15) is 16.7 Å². The van der Waals surface area contributed by atoms with Gasteiger partial charge in [-0.1, -0.05) is 0 Å². The van der Waals surface area contributed by atoms with Crippen molar-refractivity contribution in [3.05, 3.63) is 23.7 Å². The Balaban J connectivity index is 2.54. The van der Waals surface area contributed by atoms with Crippen molar-refractivity contribution in [1.29, 1.82) is 0 Å². The average molecular weight is 265 g/mol. The van der Waals surface area contributed by atoms with Crippen molar-refractivity contribution in [2.75, 3.05) is 12.0 Å². The SMILES string of the molecule is CSc1cc(-n2nc(C(=O)O)cc2N)nc(C)n1. The number of nitrogens with two attached hydrogens (primary N) is 1. The highest BCUT2D eigenvalue weighted by Crippen LogP contribution is 2.18. The van der Waals surface area contributed by atoms with E-state index in [1.165, 1.54) is 22.5 Å². The zero-order chi connectivity index (χ0) is 13.3. The first kappa shape index (κ1) is 12.4. The first-order chi connectivity index (χ1) is 8.51. The summed E-state index contributed by atoms with van der Waals surface area (Å²) in [7, 11) is 0. The zero-order valence-corrected chi connectivity index (χ0v) is 10.6. The molecule has 0 spiro atoms. The third kappa shape index (κ3) is 2.28. The Morgan fingerprint density at radius 1 is 1.44 bits per heavy atom. The van der Waals surface area contributed by atoms with Gasteiger partial charge in [0.25, 0.3) is 0 Å². The Hall–Kier alpha value is -2.09. The van der Waals surface area contributed by atoms with E-state index in [2.05, 4.69) is 15.1 Å². The van der Waals surface area contributed by atoms with Gasteiger partial charge in [0.2, 0.25) is 0 Å².